The van der Waals surface area contributed by atoms with Crippen LogP contribution in [-0.2, 0) is 21.1 Å². The highest BCUT2D eigenvalue weighted by Crippen LogP contribution is 2.28. The predicted molar refractivity (Wildman–Crippen MR) is 127 cm³/mol. The van der Waals surface area contributed by atoms with E-state index < -0.39 is 9.84 Å². The van der Waals surface area contributed by atoms with Crippen LogP contribution in [0.3, 0.4) is 0 Å². The Kier molecular flexibility index (Phi) is 7.43. The SMILES string of the molecule is O=C(Cc1cc(-c2cccc(NCC3CCS(=O)(=O)CC3)n2)c(Cl)cn1)[C@@H]1CCCNC1. The molecule has 2 aromatic rings. The Balaban J connectivity index is 1.42. The van der Waals surface area contributed by atoms with Crippen LogP contribution < -0.4 is 10.6 Å². The summed E-state index contributed by atoms with van der Waals surface area (Å²) in [6, 6.07) is 7.54. The minimum atomic E-state index is -2.86. The van der Waals surface area contributed by atoms with Crippen molar-refractivity contribution in [1.82, 2.24) is 15.3 Å². The Morgan fingerprint density at radius 3 is 2.78 bits per heavy atom. The van der Waals surface area contributed by atoms with Crippen molar-refractivity contribution in [2.24, 2.45) is 11.8 Å². The van der Waals surface area contributed by atoms with E-state index in [1.165, 1.54) is 0 Å². The van der Waals surface area contributed by atoms with Gasteiger partial charge in [0.2, 0.25) is 0 Å². The maximum absolute atomic E-state index is 12.7. The summed E-state index contributed by atoms with van der Waals surface area (Å²) in [5.41, 5.74) is 2.16. The number of hydrogen-bond acceptors (Lipinski definition) is 7. The molecule has 2 fully saturated rings. The standard InChI is InChI=1S/C23H29ClN4O3S/c24-20-15-26-18(12-22(29)17-3-2-8-25-14-17)11-19(20)21-4-1-5-23(28-21)27-13-16-6-9-32(30,31)10-7-16/h1,4-5,11,15-17,25H,2-3,6-10,12-14H2,(H,27,28)/t17-/m1/s1. The van der Waals surface area contributed by atoms with Crippen LogP contribution in [0.1, 0.15) is 31.4 Å². The molecular formula is C23H29ClN4O3S. The van der Waals surface area contributed by atoms with Gasteiger partial charge in [0.05, 0.1) is 22.2 Å². The zero-order valence-electron chi connectivity index (χ0n) is 18.0. The number of nitrogens with zero attached hydrogens (tertiary/aromatic N) is 2. The summed E-state index contributed by atoms with van der Waals surface area (Å²) in [6.07, 6.45) is 5.19. The molecule has 0 aromatic carbocycles. The molecule has 2 saturated heterocycles. The maximum atomic E-state index is 12.7. The zero-order valence-corrected chi connectivity index (χ0v) is 19.6. The van der Waals surface area contributed by atoms with Crippen molar-refractivity contribution < 1.29 is 13.2 Å². The molecule has 0 amide bonds. The van der Waals surface area contributed by atoms with Crippen LogP contribution in [-0.4, -0.2) is 55.3 Å². The van der Waals surface area contributed by atoms with Gasteiger partial charge in [0.25, 0.3) is 0 Å². The summed E-state index contributed by atoms with van der Waals surface area (Å²) in [4.78, 5) is 21.7. The number of ketones is 1. The average molecular weight is 477 g/mol. The highest BCUT2D eigenvalue weighted by molar-refractivity contribution is 7.91. The lowest BCUT2D eigenvalue weighted by molar-refractivity contribution is -0.122. The predicted octanol–water partition coefficient (Wildman–Crippen LogP) is 3.14. The third kappa shape index (κ3) is 6.05. The number of nitrogens with one attached hydrogen (secondary N) is 2. The Morgan fingerprint density at radius 2 is 2.03 bits per heavy atom. The largest absolute Gasteiger partial charge is 0.370 e. The first kappa shape index (κ1) is 23.1. The summed E-state index contributed by atoms with van der Waals surface area (Å²) in [6.45, 7) is 2.40. The van der Waals surface area contributed by atoms with E-state index in [0.717, 1.165) is 37.3 Å². The number of carbonyl (C=O) groups excluding carboxylic acids is 1. The van der Waals surface area contributed by atoms with E-state index in [1.54, 1.807) is 6.20 Å². The van der Waals surface area contributed by atoms with Crippen molar-refractivity contribution in [2.75, 3.05) is 36.5 Å². The number of piperidine rings is 1. The zero-order chi connectivity index (χ0) is 22.6. The van der Waals surface area contributed by atoms with Gasteiger partial charge in [-0.2, -0.15) is 0 Å². The lowest BCUT2D eigenvalue weighted by atomic mass is 9.92. The van der Waals surface area contributed by atoms with Crippen LogP contribution in [0.25, 0.3) is 11.3 Å². The lowest BCUT2D eigenvalue weighted by Gasteiger charge is -2.22. The minimum absolute atomic E-state index is 0.0464. The van der Waals surface area contributed by atoms with Gasteiger partial charge in [-0.3, -0.25) is 9.78 Å². The van der Waals surface area contributed by atoms with Gasteiger partial charge >= 0.3 is 0 Å². The second-order valence-corrected chi connectivity index (χ2v) is 11.4. The van der Waals surface area contributed by atoms with E-state index in [-0.39, 0.29) is 23.2 Å². The van der Waals surface area contributed by atoms with Crippen molar-refractivity contribution in [1.29, 1.82) is 0 Å². The number of sulfone groups is 1. The molecule has 7 nitrogen and oxygen atoms in total. The van der Waals surface area contributed by atoms with E-state index >= 15 is 0 Å². The number of carbonyl (C=O) groups is 1. The van der Waals surface area contributed by atoms with Crippen LogP contribution in [0, 0.1) is 11.8 Å². The van der Waals surface area contributed by atoms with Gasteiger partial charge < -0.3 is 10.6 Å². The van der Waals surface area contributed by atoms with E-state index in [2.05, 4.69) is 15.6 Å². The van der Waals surface area contributed by atoms with Crippen LogP contribution >= 0.6 is 11.6 Å². The number of anilines is 1. The molecule has 2 aliphatic rings. The van der Waals surface area contributed by atoms with E-state index in [0.29, 0.717) is 48.1 Å². The number of aromatic nitrogens is 2. The fourth-order valence-corrected chi connectivity index (χ4v) is 6.09. The molecule has 0 aliphatic carbocycles. The topological polar surface area (TPSA) is 101 Å². The van der Waals surface area contributed by atoms with Gasteiger partial charge in [-0.25, -0.2) is 13.4 Å². The highest BCUT2D eigenvalue weighted by atomic mass is 35.5. The molecule has 0 unspecified atom stereocenters. The van der Waals surface area contributed by atoms with E-state index in [4.69, 9.17) is 16.6 Å². The van der Waals surface area contributed by atoms with Crippen molar-refractivity contribution in [2.45, 2.75) is 32.1 Å². The Morgan fingerprint density at radius 1 is 1.22 bits per heavy atom. The molecular weight excluding hydrogens is 448 g/mol. The smallest absolute Gasteiger partial charge is 0.150 e. The Bertz CT molecular complexity index is 1060. The molecule has 32 heavy (non-hydrogen) atoms. The molecule has 0 spiro atoms. The molecule has 0 bridgehead atoms. The number of Topliss-reactive ketones (excluding diaryl/α,β-unsaturated/α-hetero) is 1. The second kappa shape index (κ2) is 10.3. The summed E-state index contributed by atoms with van der Waals surface area (Å²) < 4.78 is 23.2. The number of halogens is 1. The van der Waals surface area contributed by atoms with Gasteiger partial charge in [0, 0.05) is 42.9 Å². The maximum Gasteiger partial charge on any atom is 0.150 e. The van der Waals surface area contributed by atoms with Crippen molar-refractivity contribution >= 4 is 33.0 Å². The highest BCUT2D eigenvalue weighted by Gasteiger charge is 2.24. The summed E-state index contributed by atoms with van der Waals surface area (Å²) in [5.74, 6) is 1.81. The molecule has 4 rings (SSSR count). The lowest BCUT2D eigenvalue weighted by Crippen LogP contribution is -2.35. The molecule has 4 heterocycles. The average Bonchev–Trinajstić information content (AvgIpc) is 2.80. The fraction of sp³-hybridized carbons (Fsp3) is 0.522. The summed E-state index contributed by atoms with van der Waals surface area (Å²) in [7, 11) is -2.86. The number of pyridine rings is 2. The van der Waals surface area contributed by atoms with Gasteiger partial charge in [-0.1, -0.05) is 17.7 Å². The molecule has 2 N–H and O–H groups in total. The molecule has 0 saturated carbocycles. The molecule has 2 aliphatic heterocycles. The molecule has 172 valence electrons. The fourth-order valence-electron chi connectivity index (χ4n) is 4.30. The van der Waals surface area contributed by atoms with Crippen LogP contribution in [0.15, 0.2) is 30.5 Å². The minimum Gasteiger partial charge on any atom is -0.370 e. The Labute approximate surface area is 194 Å². The monoisotopic (exact) mass is 476 g/mol. The first-order valence-electron chi connectivity index (χ1n) is 11.2. The van der Waals surface area contributed by atoms with Crippen LogP contribution in [0.2, 0.25) is 5.02 Å². The second-order valence-electron chi connectivity index (χ2n) is 8.73. The quantitative estimate of drug-likeness (QED) is 0.633. The number of hydrogen-bond donors (Lipinski definition) is 2. The summed E-state index contributed by atoms with van der Waals surface area (Å²) in [5, 5.41) is 7.11. The van der Waals surface area contributed by atoms with Crippen molar-refractivity contribution in [3.8, 4) is 11.3 Å². The normalized spacial score (nSPS) is 21.2. The van der Waals surface area contributed by atoms with Gasteiger partial charge in [-0.15, -0.1) is 0 Å². The van der Waals surface area contributed by atoms with E-state index in [9.17, 15) is 13.2 Å². The summed E-state index contributed by atoms with van der Waals surface area (Å²) >= 11 is 6.42. The molecule has 1 atom stereocenters. The molecule has 2 aromatic heterocycles. The van der Waals surface area contributed by atoms with Crippen LogP contribution in [0.4, 0.5) is 5.82 Å². The number of rotatable bonds is 7. The third-order valence-corrected chi connectivity index (χ3v) is 8.31. The molecule has 9 heteroatoms. The van der Waals surface area contributed by atoms with Gasteiger partial charge in [0.1, 0.15) is 21.4 Å². The van der Waals surface area contributed by atoms with Crippen molar-refractivity contribution in [3.63, 3.8) is 0 Å². The first-order chi connectivity index (χ1) is 15.4. The third-order valence-electron chi connectivity index (χ3n) is 6.29. The van der Waals surface area contributed by atoms with Crippen molar-refractivity contribution in [3.05, 3.63) is 41.2 Å². The van der Waals surface area contributed by atoms with E-state index in [1.807, 2.05) is 24.3 Å². The van der Waals surface area contributed by atoms with Gasteiger partial charge in [0.15, 0.2) is 0 Å². The Hall–Kier alpha value is -2.03. The van der Waals surface area contributed by atoms with Gasteiger partial charge in [-0.05, 0) is 56.3 Å². The van der Waals surface area contributed by atoms with Crippen LogP contribution in [0.5, 0.6) is 0 Å². The first-order valence-corrected chi connectivity index (χ1v) is 13.4. The molecule has 0 radical (unpaired) electrons.